The molecular formula is C18H26BFN2O4. The number of ketones is 1. The largest absolute Gasteiger partial charge is 0.475 e. The third-order valence-corrected chi connectivity index (χ3v) is 4.58. The molecule has 1 heterocycles. The molecule has 26 heavy (non-hydrogen) atoms. The topological polar surface area (TPSA) is 89.9 Å². The third kappa shape index (κ3) is 5.54. The van der Waals surface area contributed by atoms with E-state index < -0.39 is 13.1 Å². The Morgan fingerprint density at radius 3 is 2.42 bits per heavy atom. The number of rotatable bonds is 9. The highest BCUT2D eigenvalue weighted by Gasteiger charge is 2.34. The van der Waals surface area contributed by atoms with Gasteiger partial charge in [0.2, 0.25) is 5.91 Å². The second-order valence-electron chi connectivity index (χ2n) is 7.16. The van der Waals surface area contributed by atoms with Gasteiger partial charge in [0.05, 0.1) is 12.0 Å². The van der Waals surface area contributed by atoms with Crippen molar-refractivity contribution in [3.05, 3.63) is 30.1 Å². The van der Waals surface area contributed by atoms with Gasteiger partial charge in [-0.15, -0.1) is 0 Å². The van der Waals surface area contributed by atoms with Crippen LogP contribution in [0, 0.1) is 11.7 Å². The summed E-state index contributed by atoms with van der Waals surface area (Å²) in [5, 5.41) is 21.3. The van der Waals surface area contributed by atoms with Gasteiger partial charge in [0.15, 0.2) is 5.78 Å². The Labute approximate surface area is 153 Å². The average Bonchev–Trinajstić information content (AvgIpc) is 2.53. The van der Waals surface area contributed by atoms with E-state index in [4.69, 9.17) is 0 Å². The highest BCUT2D eigenvalue weighted by Crippen LogP contribution is 2.28. The van der Waals surface area contributed by atoms with Gasteiger partial charge >= 0.3 is 7.12 Å². The monoisotopic (exact) mass is 364 g/mol. The molecule has 1 amide bonds. The second-order valence-corrected chi connectivity index (χ2v) is 7.16. The van der Waals surface area contributed by atoms with Gasteiger partial charge in [-0.05, 0) is 43.0 Å². The lowest BCUT2D eigenvalue weighted by atomic mass is 9.75. The van der Waals surface area contributed by atoms with Gasteiger partial charge in [0, 0.05) is 25.1 Å². The average molecular weight is 364 g/mol. The predicted molar refractivity (Wildman–Crippen MR) is 98.0 cm³/mol. The van der Waals surface area contributed by atoms with Crippen LogP contribution in [0.4, 0.5) is 10.1 Å². The summed E-state index contributed by atoms with van der Waals surface area (Å²) < 4.78 is 13.0. The number of benzene rings is 1. The number of hydrogen-bond donors (Lipinski definition) is 3. The summed E-state index contributed by atoms with van der Waals surface area (Å²) >= 11 is 0. The molecule has 2 rings (SSSR count). The molecule has 1 aliphatic heterocycles. The highest BCUT2D eigenvalue weighted by atomic mass is 19.1. The lowest BCUT2D eigenvalue weighted by Crippen LogP contribution is -2.53. The quantitative estimate of drug-likeness (QED) is 0.575. The van der Waals surface area contributed by atoms with E-state index in [0.717, 1.165) is 12.2 Å². The number of carbonyl (C=O) groups is 2. The van der Waals surface area contributed by atoms with Gasteiger partial charge in [0.25, 0.3) is 0 Å². The van der Waals surface area contributed by atoms with Crippen molar-refractivity contribution in [3.63, 3.8) is 0 Å². The molecule has 0 bridgehead atoms. The fraction of sp³-hybridized carbons (Fsp3) is 0.556. The summed E-state index contributed by atoms with van der Waals surface area (Å²) in [4.78, 5) is 26.3. The number of Topliss-reactive ketones (excluding diaryl/α,β-unsaturated/α-hetero) is 1. The van der Waals surface area contributed by atoms with Gasteiger partial charge in [-0.2, -0.15) is 0 Å². The summed E-state index contributed by atoms with van der Waals surface area (Å²) in [6, 6.07) is 5.71. The van der Waals surface area contributed by atoms with Gasteiger partial charge in [-0.1, -0.05) is 13.8 Å². The molecule has 1 aliphatic rings. The summed E-state index contributed by atoms with van der Waals surface area (Å²) in [6.45, 7) is 4.57. The Bertz CT molecular complexity index is 624. The van der Waals surface area contributed by atoms with E-state index in [1.807, 2.05) is 18.7 Å². The maximum atomic E-state index is 13.0. The van der Waals surface area contributed by atoms with E-state index in [2.05, 4.69) is 5.32 Å². The molecule has 3 N–H and O–H groups in total. The van der Waals surface area contributed by atoms with E-state index in [9.17, 15) is 24.0 Å². The fourth-order valence-electron chi connectivity index (χ4n) is 3.11. The van der Waals surface area contributed by atoms with E-state index >= 15 is 0 Å². The van der Waals surface area contributed by atoms with Crippen LogP contribution in [0.15, 0.2) is 24.3 Å². The zero-order chi connectivity index (χ0) is 19.3. The number of anilines is 1. The van der Waals surface area contributed by atoms with Crippen molar-refractivity contribution < 1.29 is 24.0 Å². The molecule has 6 nitrogen and oxygen atoms in total. The molecule has 0 spiro atoms. The molecule has 142 valence electrons. The second kappa shape index (κ2) is 9.14. The minimum absolute atomic E-state index is 0.00784. The number of hydrogen-bond acceptors (Lipinski definition) is 5. The number of amides is 1. The molecule has 8 heteroatoms. The number of halogens is 1. The van der Waals surface area contributed by atoms with Gasteiger partial charge in [-0.3, -0.25) is 9.59 Å². The lowest BCUT2D eigenvalue weighted by Gasteiger charge is -2.41. The van der Waals surface area contributed by atoms with Crippen LogP contribution >= 0.6 is 0 Å². The summed E-state index contributed by atoms with van der Waals surface area (Å²) in [5.74, 6) is -1.28. The summed E-state index contributed by atoms with van der Waals surface area (Å²) in [6.07, 6.45) is 1.25. The Morgan fingerprint density at radius 1 is 1.27 bits per heavy atom. The van der Waals surface area contributed by atoms with Crippen LogP contribution < -0.4 is 10.2 Å². The van der Waals surface area contributed by atoms with Crippen molar-refractivity contribution >= 4 is 24.5 Å². The highest BCUT2D eigenvalue weighted by molar-refractivity contribution is 6.43. The van der Waals surface area contributed by atoms with Crippen LogP contribution in [0.2, 0.25) is 0 Å². The van der Waals surface area contributed by atoms with Crippen molar-refractivity contribution in [1.29, 1.82) is 0 Å². The predicted octanol–water partition coefficient (Wildman–Crippen LogP) is 1.30. The van der Waals surface area contributed by atoms with Crippen LogP contribution in [-0.4, -0.2) is 47.4 Å². The van der Waals surface area contributed by atoms with Crippen LogP contribution in [0.25, 0.3) is 0 Å². The van der Waals surface area contributed by atoms with Gasteiger partial charge in [-0.25, -0.2) is 4.39 Å². The Hall–Kier alpha value is -1.93. The van der Waals surface area contributed by atoms with Crippen LogP contribution in [0.1, 0.15) is 39.5 Å². The lowest BCUT2D eigenvalue weighted by molar-refractivity contribution is -0.126. The zero-order valence-corrected chi connectivity index (χ0v) is 15.2. The van der Waals surface area contributed by atoms with Crippen molar-refractivity contribution in [2.24, 2.45) is 5.92 Å². The zero-order valence-electron chi connectivity index (χ0n) is 15.2. The SMILES string of the molecule is CC(C)C[C@@H](NC(=O)CCC(=O)[C@@H]1CCN1c1ccc(F)cc1)B(O)O. The normalized spacial score (nSPS) is 17.6. The first-order valence-corrected chi connectivity index (χ1v) is 8.98. The van der Waals surface area contributed by atoms with Crippen molar-refractivity contribution in [3.8, 4) is 0 Å². The molecule has 1 saturated heterocycles. The standard InChI is InChI=1S/C18H26BFN2O4/c1-12(2)11-17(19(25)26)21-18(24)8-7-16(23)15-9-10-22(15)14-5-3-13(20)4-6-14/h3-6,12,15,17,25-26H,7-11H2,1-2H3,(H,21,24)/t15-,17+/m0/s1. The minimum atomic E-state index is -1.63. The Morgan fingerprint density at radius 2 is 1.92 bits per heavy atom. The van der Waals surface area contributed by atoms with Crippen LogP contribution in [0.3, 0.4) is 0 Å². The molecule has 0 saturated carbocycles. The van der Waals surface area contributed by atoms with E-state index in [1.165, 1.54) is 12.1 Å². The first-order chi connectivity index (χ1) is 12.3. The molecule has 1 aromatic rings. The fourth-order valence-corrected chi connectivity index (χ4v) is 3.11. The maximum absolute atomic E-state index is 13.0. The molecule has 0 aliphatic carbocycles. The summed E-state index contributed by atoms with van der Waals surface area (Å²) in [5.41, 5.74) is 0.792. The number of nitrogens with zero attached hydrogens (tertiary/aromatic N) is 1. The van der Waals surface area contributed by atoms with Crippen LogP contribution in [-0.2, 0) is 9.59 Å². The smallest absolute Gasteiger partial charge is 0.426 e. The molecule has 1 aromatic carbocycles. The van der Waals surface area contributed by atoms with E-state index in [-0.39, 0.29) is 42.3 Å². The Balaban J connectivity index is 1.82. The molecular weight excluding hydrogens is 338 g/mol. The van der Waals surface area contributed by atoms with Crippen molar-refractivity contribution in [2.45, 2.75) is 51.5 Å². The van der Waals surface area contributed by atoms with Gasteiger partial charge in [0.1, 0.15) is 5.82 Å². The van der Waals surface area contributed by atoms with E-state index in [0.29, 0.717) is 12.8 Å². The first-order valence-electron chi connectivity index (χ1n) is 8.98. The molecule has 0 unspecified atom stereocenters. The van der Waals surface area contributed by atoms with Crippen molar-refractivity contribution in [2.75, 3.05) is 11.4 Å². The minimum Gasteiger partial charge on any atom is -0.426 e. The van der Waals surface area contributed by atoms with Crippen LogP contribution in [0.5, 0.6) is 0 Å². The molecule has 0 aromatic heterocycles. The summed E-state index contributed by atoms with van der Waals surface area (Å²) in [7, 11) is -1.63. The maximum Gasteiger partial charge on any atom is 0.475 e. The van der Waals surface area contributed by atoms with Gasteiger partial charge < -0.3 is 20.3 Å². The first kappa shape index (κ1) is 20.4. The number of carbonyl (C=O) groups excluding carboxylic acids is 2. The molecule has 1 fully saturated rings. The molecule has 2 atom stereocenters. The van der Waals surface area contributed by atoms with E-state index in [1.54, 1.807) is 12.1 Å². The van der Waals surface area contributed by atoms with Crippen molar-refractivity contribution in [1.82, 2.24) is 5.32 Å². The third-order valence-electron chi connectivity index (χ3n) is 4.58. The Kier molecular flexibility index (Phi) is 7.17. The number of nitrogens with one attached hydrogen (secondary N) is 1. The molecule has 0 radical (unpaired) electrons.